The summed E-state index contributed by atoms with van der Waals surface area (Å²) in [4.78, 5) is 15.0. The molecule has 3 heteroatoms. The van der Waals surface area contributed by atoms with Crippen LogP contribution in [0.4, 0.5) is 0 Å². The molecule has 3 aromatic carbocycles. The first kappa shape index (κ1) is 18.9. The largest absolute Gasteiger partial charge is 0.337 e. The van der Waals surface area contributed by atoms with Gasteiger partial charge in [0.2, 0.25) is 0 Å². The van der Waals surface area contributed by atoms with E-state index in [1.165, 1.54) is 5.56 Å². The normalized spacial score (nSPS) is 11.8. The number of likely N-dealkylation sites (N-methyl/N-ethyl adjacent to an activating group) is 1. The van der Waals surface area contributed by atoms with Crippen LogP contribution in [-0.4, -0.2) is 30.4 Å². The summed E-state index contributed by atoms with van der Waals surface area (Å²) in [6.07, 6.45) is 1.75. The molecule has 3 rings (SSSR count). The molecule has 1 atom stereocenters. The second kappa shape index (κ2) is 9.15. The van der Waals surface area contributed by atoms with E-state index in [9.17, 15) is 4.79 Å². The molecule has 0 saturated carbocycles. The van der Waals surface area contributed by atoms with Gasteiger partial charge in [-0.1, -0.05) is 78.9 Å². The monoisotopic (exact) mass is 358 g/mol. The first-order valence-corrected chi connectivity index (χ1v) is 9.36. The quantitative estimate of drug-likeness (QED) is 0.681. The number of nitrogens with two attached hydrogens (primary N) is 1. The standard InChI is InChI=1S/C24H26N2O/c1-26(21(18-25)17-16-19-10-4-2-5-11-19)24(27)23-15-9-8-14-22(23)20-12-6-3-7-13-20/h2-15,21H,16-18,25H2,1H3. The van der Waals surface area contributed by atoms with Crippen LogP contribution in [0, 0.1) is 0 Å². The molecule has 0 fully saturated rings. The van der Waals surface area contributed by atoms with Gasteiger partial charge in [0.25, 0.3) is 5.91 Å². The number of carbonyl (C=O) groups is 1. The van der Waals surface area contributed by atoms with Crippen molar-refractivity contribution in [3.05, 3.63) is 96.1 Å². The van der Waals surface area contributed by atoms with Crippen LogP contribution >= 0.6 is 0 Å². The minimum Gasteiger partial charge on any atom is -0.337 e. The second-order valence-corrected chi connectivity index (χ2v) is 6.74. The van der Waals surface area contributed by atoms with Gasteiger partial charge in [-0.15, -0.1) is 0 Å². The van der Waals surface area contributed by atoms with Gasteiger partial charge in [-0.05, 0) is 35.6 Å². The highest BCUT2D eigenvalue weighted by Gasteiger charge is 2.22. The molecule has 2 N–H and O–H groups in total. The summed E-state index contributed by atoms with van der Waals surface area (Å²) < 4.78 is 0. The Hall–Kier alpha value is -2.91. The molecular weight excluding hydrogens is 332 g/mol. The lowest BCUT2D eigenvalue weighted by Gasteiger charge is -2.28. The SMILES string of the molecule is CN(C(=O)c1ccccc1-c1ccccc1)C(CN)CCc1ccccc1. The fourth-order valence-corrected chi connectivity index (χ4v) is 3.34. The van der Waals surface area contributed by atoms with Crippen LogP contribution in [0.1, 0.15) is 22.3 Å². The van der Waals surface area contributed by atoms with Gasteiger partial charge in [0.05, 0.1) is 0 Å². The second-order valence-electron chi connectivity index (χ2n) is 6.74. The summed E-state index contributed by atoms with van der Waals surface area (Å²) in [5, 5.41) is 0. The van der Waals surface area contributed by atoms with Crippen molar-refractivity contribution in [3.63, 3.8) is 0 Å². The van der Waals surface area contributed by atoms with Gasteiger partial charge in [-0.2, -0.15) is 0 Å². The van der Waals surface area contributed by atoms with E-state index in [1.807, 2.05) is 79.8 Å². The van der Waals surface area contributed by atoms with Gasteiger partial charge in [-0.25, -0.2) is 0 Å². The van der Waals surface area contributed by atoms with E-state index in [0.29, 0.717) is 12.1 Å². The third kappa shape index (κ3) is 4.63. The van der Waals surface area contributed by atoms with Crippen LogP contribution < -0.4 is 5.73 Å². The predicted molar refractivity (Wildman–Crippen MR) is 112 cm³/mol. The zero-order chi connectivity index (χ0) is 19.1. The maximum atomic E-state index is 13.2. The van der Waals surface area contributed by atoms with E-state index < -0.39 is 0 Å². The lowest BCUT2D eigenvalue weighted by Crippen LogP contribution is -2.42. The number of amides is 1. The molecule has 3 nitrogen and oxygen atoms in total. The number of hydrogen-bond donors (Lipinski definition) is 1. The van der Waals surface area contributed by atoms with E-state index in [-0.39, 0.29) is 11.9 Å². The predicted octanol–water partition coefficient (Wildman–Crippen LogP) is 4.39. The Labute approximate surface area is 161 Å². The molecule has 0 aliphatic carbocycles. The first-order chi connectivity index (χ1) is 13.2. The van der Waals surface area contributed by atoms with Crippen LogP contribution in [0.3, 0.4) is 0 Å². The molecule has 0 saturated heterocycles. The van der Waals surface area contributed by atoms with Crippen molar-refractivity contribution in [1.29, 1.82) is 0 Å². The lowest BCUT2D eigenvalue weighted by molar-refractivity contribution is 0.0730. The minimum absolute atomic E-state index is 0.00142. The Morgan fingerprint density at radius 2 is 1.48 bits per heavy atom. The fraction of sp³-hybridized carbons (Fsp3) is 0.208. The van der Waals surface area contributed by atoms with Crippen molar-refractivity contribution in [2.24, 2.45) is 5.73 Å². The van der Waals surface area contributed by atoms with Crippen molar-refractivity contribution < 1.29 is 4.79 Å². The lowest BCUT2D eigenvalue weighted by atomic mass is 9.98. The molecule has 0 aliphatic heterocycles. The van der Waals surface area contributed by atoms with Crippen molar-refractivity contribution in [3.8, 4) is 11.1 Å². The summed E-state index contributed by atoms with van der Waals surface area (Å²) in [5.74, 6) is 0.0120. The Morgan fingerprint density at radius 3 is 2.15 bits per heavy atom. The molecular formula is C24H26N2O. The summed E-state index contributed by atoms with van der Waals surface area (Å²) in [5.41, 5.74) is 9.98. The molecule has 0 spiro atoms. The van der Waals surface area contributed by atoms with Crippen LogP contribution in [0.2, 0.25) is 0 Å². The molecule has 0 radical (unpaired) electrons. The number of benzene rings is 3. The third-order valence-corrected chi connectivity index (χ3v) is 4.99. The third-order valence-electron chi connectivity index (χ3n) is 4.99. The Balaban J connectivity index is 1.78. The highest BCUT2D eigenvalue weighted by Crippen LogP contribution is 2.25. The maximum Gasteiger partial charge on any atom is 0.254 e. The molecule has 138 valence electrons. The van der Waals surface area contributed by atoms with Gasteiger partial charge in [0.1, 0.15) is 0 Å². The zero-order valence-corrected chi connectivity index (χ0v) is 15.7. The van der Waals surface area contributed by atoms with Crippen LogP contribution in [0.15, 0.2) is 84.9 Å². The fourth-order valence-electron chi connectivity index (χ4n) is 3.34. The summed E-state index contributed by atoms with van der Waals surface area (Å²) >= 11 is 0. The van der Waals surface area contributed by atoms with Gasteiger partial charge in [-0.3, -0.25) is 4.79 Å². The summed E-state index contributed by atoms with van der Waals surface area (Å²) in [6, 6.07) is 28.1. The first-order valence-electron chi connectivity index (χ1n) is 9.36. The Morgan fingerprint density at radius 1 is 0.889 bits per heavy atom. The summed E-state index contributed by atoms with van der Waals surface area (Å²) in [7, 11) is 1.85. The topological polar surface area (TPSA) is 46.3 Å². The van der Waals surface area contributed by atoms with Crippen molar-refractivity contribution in [2.45, 2.75) is 18.9 Å². The molecule has 3 aromatic rings. The van der Waals surface area contributed by atoms with Gasteiger partial charge < -0.3 is 10.6 Å². The molecule has 27 heavy (non-hydrogen) atoms. The van der Waals surface area contributed by atoms with Gasteiger partial charge in [0, 0.05) is 25.2 Å². The molecule has 1 amide bonds. The highest BCUT2D eigenvalue weighted by atomic mass is 16.2. The molecule has 0 bridgehead atoms. The number of rotatable bonds is 7. The van der Waals surface area contributed by atoms with Crippen LogP contribution in [-0.2, 0) is 6.42 Å². The van der Waals surface area contributed by atoms with E-state index in [0.717, 1.165) is 24.0 Å². The molecule has 0 aromatic heterocycles. The van der Waals surface area contributed by atoms with E-state index >= 15 is 0 Å². The van der Waals surface area contributed by atoms with Gasteiger partial charge >= 0.3 is 0 Å². The molecule has 1 unspecified atom stereocenters. The van der Waals surface area contributed by atoms with E-state index in [2.05, 4.69) is 12.1 Å². The highest BCUT2D eigenvalue weighted by molar-refractivity contribution is 6.00. The average molecular weight is 358 g/mol. The summed E-state index contributed by atoms with van der Waals surface area (Å²) in [6.45, 7) is 0.447. The number of hydrogen-bond acceptors (Lipinski definition) is 2. The van der Waals surface area contributed by atoms with E-state index in [4.69, 9.17) is 5.73 Å². The Bertz CT molecular complexity index is 862. The van der Waals surface area contributed by atoms with Gasteiger partial charge in [0.15, 0.2) is 0 Å². The smallest absolute Gasteiger partial charge is 0.254 e. The maximum absolute atomic E-state index is 13.2. The van der Waals surface area contributed by atoms with Crippen molar-refractivity contribution >= 4 is 5.91 Å². The van der Waals surface area contributed by atoms with Crippen molar-refractivity contribution in [1.82, 2.24) is 4.90 Å². The van der Waals surface area contributed by atoms with Crippen molar-refractivity contribution in [2.75, 3.05) is 13.6 Å². The Kier molecular flexibility index (Phi) is 6.39. The average Bonchev–Trinajstić information content (AvgIpc) is 2.75. The minimum atomic E-state index is 0.00142. The number of nitrogens with zero attached hydrogens (tertiary/aromatic N) is 1. The zero-order valence-electron chi connectivity index (χ0n) is 15.7. The van der Waals surface area contributed by atoms with Crippen LogP contribution in [0.25, 0.3) is 11.1 Å². The number of aryl methyl sites for hydroxylation is 1. The molecule has 0 aliphatic rings. The molecule has 0 heterocycles. The number of carbonyl (C=O) groups excluding carboxylic acids is 1. The van der Waals surface area contributed by atoms with Crippen LogP contribution in [0.5, 0.6) is 0 Å². The van der Waals surface area contributed by atoms with E-state index in [1.54, 1.807) is 4.90 Å².